The minimum Gasteiger partial charge on any atom is -0.481 e. The maximum atomic E-state index is 12.5. The quantitative estimate of drug-likeness (QED) is 0.668. The molecule has 1 aliphatic rings. The SMILES string of the molecule is COc1ccc(C(=O)N[C@@H]2CN(c3noc(-c4ccccc4)n3)CC[C@@H]2O)cn1. The molecule has 2 atom stereocenters. The number of benzene rings is 1. The number of carbonyl (C=O) groups excluding carboxylic acids is 1. The number of pyridine rings is 1. The highest BCUT2D eigenvalue weighted by molar-refractivity contribution is 5.94. The van der Waals surface area contributed by atoms with Crippen LogP contribution in [0.15, 0.2) is 53.2 Å². The fraction of sp³-hybridized carbons (Fsp3) is 0.300. The monoisotopic (exact) mass is 395 g/mol. The first-order valence-corrected chi connectivity index (χ1v) is 9.27. The molecule has 9 nitrogen and oxygen atoms in total. The summed E-state index contributed by atoms with van der Waals surface area (Å²) in [5.41, 5.74) is 1.22. The Hall–Kier alpha value is -3.46. The van der Waals surface area contributed by atoms with E-state index in [4.69, 9.17) is 9.26 Å². The van der Waals surface area contributed by atoms with E-state index in [0.29, 0.717) is 42.8 Å². The number of amides is 1. The highest BCUT2D eigenvalue weighted by atomic mass is 16.5. The zero-order chi connectivity index (χ0) is 20.2. The van der Waals surface area contributed by atoms with Crippen LogP contribution in [0.5, 0.6) is 5.88 Å². The molecule has 3 heterocycles. The van der Waals surface area contributed by atoms with Crippen molar-refractivity contribution in [1.29, 1.82) is 0 Å². The lowest BCUT2D eigenvalue weighted by Crippen LogP contribution is -2.55. The molecule has 3 aromatic rings. The molecule has 1 fully saturated rings. The van der Waals surface area contributed by atoms with Gasteiger partial charge in [0.05, 0.1) is 24.8 Å². The maximum absolute atomic E-state index is 12.5. The van der Waals surface area contributed by atoms with Crippen molar-refractivity contribution in [3.8, 4) is 17.3 Å². The van der Waals surface area contributed by atoms with Gasteiger partial charge in [-0.25, -0.2) is 4.98 Å². The molecule has 0 bridgehead atoms. The van der Waals surface area contributed by atoms with E-state index < -0.39 is 12.1 Å². The summed E-state index contributed by atoms with van der Waals surface area (Å²) >= 11 is 0. The van der Waals surface area contributed by atoms with Gasteiger partial charge in [-0.1, -0.05) is 18.2 Å². The van der Waals surface area contributed by atoms with Crippen molar-refractivity contribution < 1.29 is 19.2 Å². The van der Waals surface area contributed by atoms with E-state index in [1.54, 1.807) is 12.1 Å². The van der Waals surface area contributed by atoms with Gasteiger partial charge in [0, 0.05) is 30.9 Å². The molecule has 1 aliphatic heterocycles. The Balaban J connectivity index is 1.44. The van der Waals surface area contributed by atoms with Gasteiger partial charge >= 0.3 is 0 Å². The van der Waals surface area contributed by atoms with Gasteiger partial charge in [0.1, 0.15) is 0 Å². The number of aromatic nitrogens is 3. The van der Waals surface area contributed by atoms with E-state index in [9.17, 15) is 9.90 Å². The Morgan fingerprint density at radius 3 is 2.83 bits per heavy atom. The standard InChI is InChI=1S/C20H21N5O4/c1-28-17-8-7-14(11-21-17)18(27)22-15-12-25(10-9-16(15)26)20-23-19(29-24-20)13-5-3-2-4-6-13/h2-8,11,15-16,26H,9-10,12H2,1H3,(H,22,27)/t15-,16+/m1/s1. The van der Waals surface area contributed by atoms with Gasteiger partial charge in [-0.2, -0.15) is 4.98 Å². The minimum atomic E-state index is -0.665. The summed E-state index contributed by atoms with van der Waals surface area (Å²) in [5.74, 6) is 0.971. The average Bonchev–Trinajstić information content (AvgIpc) is 3.26. The van der Waals surface area contributed by atoms with E-state index >= 15 is 0 Å². The second-order valence-corrected chi connectivity index (χ2v) is 6.74. The second kappa shape index (κ2) is 8.27. The van der Waals surface area contributed by atoms with Crippen LogP contribution in [0.25, 0.3) is 11.5 Å². The molecule has 9 heteroatoms. The highest BCUT2D eigenvalue weighted by Gasteiger charge is 2.31. The van der Waals surface area contributed by atoms with Crippen LogP contribution >= 0.6 is 0 Å². The second-order valence-electron chi connectivity index (χ2n) is 6.74. The molecule has 2 aromatic heterocycles. The van der Waals surface area contributed by atoms with Crippen LogP contribution < -0.4 is 15.0 Å². The molecule has 1 aromatic carbocycles. The van der Waals surface area contributed by atoms with Crippen molar-refractivity contribution in [2.45, 2.75) is 18.6 Å². The molecule has 0 aliphatic carbocycles. The van der Waals surface area contributed by atoms with Gasteiger partial charge in [-0.3, -0.25) is 4.79 Å². The van der Waals surface area contributed by atoms with Gasteiger partial charge in [0.2, 0.25) is 5.88 Å². The Labute approximate surface area is 167 Å². The third-order valence-corrected chi connectivity index (χ3v) is 4.82. The fourth-order valence-electron chi connectivity index (χ4n) is 3.19. The number of ether oxygens (including phenoxy) is 1. The van der Waals surface area contributed by atoms with E-state index in [-0.39, 0.29) is 5.91 Å². The Kier molecular flexibility index (Phi) is 5.39. The minimum absolute atomic E-state index is 0.316. The zero-order valence-electron chi connectivity index (χ0n) is 15.9. The predicted octanol–water partition coefficient (Wildman–Crippen LogP) is 1.51. The summed E-state index contributed by atoms with van der Waals surface area (Å²) in [4.78, 5) is 22.9. The summed E-state index contributed by atoms with van der Waals surface area (Å²) in [6.45, 7) is 0.926. The first-order chi connectivity index (χ1) is 14.1. The summed E-state index contributed by atoms with van der Waals surface area (Å²) in [7, 11) is 1.51. The smallest absolute Gasteiger partial charge is 0.266 e. The number of nitrogens with zero attached hydrogens (tertiary/aromatic N) is 4. The van der Waals surface area contributed by atoms with E-state index in [1.165, 1.54) is 13.3 Å². The normalized spacial score (nSPS) is 19.0. The molecule has 0 unspecified atom stereocenters. The number of carbonyl (C=O) groups is 1. The molecular weight excluding hydrogens is 374 g/mol. The number of anilines is 1. The van der Waals surface area contributed by atoms with Gasteiger partial charge in [-0.05, 0) is 29.8 Å². The first kappa shape index (κ1) is 18.9. The predicted molar refractivity (Wildman–Crippen MR) is 105 cm³/mol. The first-order valence-electron chi connectivity index (χ1n) is 9.27. The van der Waals surface area contributed by atoms with Gasteiger partial charge in [0.25, 0.3) is 17.7 Å². The summed E-state index contributed by atoms with van der Waals surface area (Å²) in [5, 5.41) is 17.3. The Morgan fingerprint density at radius 1 is 1.28 bits per heavy atom. The molecule has 1 amide bonds. The van der Waals surface area contributed by atoms with Crippen LogP contribution in [0.4, 0.5) is 5.95 Å². The third-order valence-electron chi connectivity index (χ3n) is 4.82. The molecule has 1 saturated heterocycles. The number of piperidine rings is 1. The number of rotatable bonds is 5. The Bertz CT molecular complexity index is 961. The molecule has 4 rings (SSSR count). The van der Waals surface area contributed by atoms with E-state index in [0.717, 1.165) is 5.56 Å². The fourth-order valence-corrected chi connectivity index (χ4v) is 3.19. The molecular formula is C20H21N5O4. The van der Waals surface area contributed by atoms with E-state index in [2.05, 4.69) is 20.4 Å². The van der Waals surface area contributed by atoms with Crippen LogP contribution in [0.2, 0.25) is 0 Å². The van der Waals surface area contributed by atoms with Crippen LogP contribution in [0.1, 0.15) is 16.8 Å². The molecule has 0 radical (unpaired) electrons. The summed E-state index contributed by atoms with van der Waals surface area (Å²) in [6, 6.07) is 12.3. The van der Waals surface area contributed by atoms with Crippen molar-refractivity contribution in [3.05, 3.63) is 54.2 Å². The topological polar surface area (TPSA) is 114 Å². The van der Waals surface area contributed by atoms with Crippen LogP contribution in [-0.2, 0) is 0 Å². The zero-order valence-corrected chi connectivity index (χ0v) is 15.9. The number of methoxy groups -OCH3 is 1. The Morgan fingerprint density at radius 2 is 2.10 bits per heavy atom. The lowest BCUT2D eigenvalue weighted by Gasteiger charge is -2.35. The summed E-state index contributed by atoms with van der Waals surface area (Å²) in [6.07, 6.45) is 1.25. The number of nitrogens with one attached hydrogen (secondary N) is 1. The van der Waals surface area contributed by atoms with Gasteiger partial charge in [0.15, 0.2) is 0 Å². The number of aliphatic hydroxyl groups is 1. The lowest BCUT2D eigenvalue weighted by atomic mass is 10.0. The van der Waals surface area contributed by atoms with Crippen molar-refractivity contribution >= 4 is 11.9 Å². The van der Waals surface area contributed by atoms with Crippen molar-refractivity contribution in [3.63, 3.8) is 0 Å². The number of hydrogen-bond donors (Lipinski definition) is 2. The molecule has 2 N–H and O–H groups in total. The van der Waals surface area contributed by atoms with Crippen LogP contribution in [0, 0.1) is 0 Å². The number of aliphatic hydroxyl groups excluding tert-OH is 1. The number of hydrogen-bond acceptors (Lipinski definition) is 8. The highest BCUT2D eigenvalue weighted by Crippen LogP contribution is 2.22. The van der Waals surface area contributed by atoms with Crippen molar-refractivity contribution in [2.24, 2.45) is 0 Å². The van der Waals surface area contributed by atoms with Crippen molar-refractivity contribution in [2.75, 3.05) is 25.1 Å². The third kappa shape index (κ3) is 4.19. The molecule has 29 heavy (non-hydrogen) atoms. The average molecular weight is 395 g/mol. The maximum Gasteiger partial charge on any atom is 0.266 e. The molecule has 0 saturated carbocycles. The molecule has 150 valence electrons. The largest absolute Gasteiger partial charge is 0.481 e. The van der Waals surface area contributed by atoms with Gasteiger partial charge < -0.3 is 24.6 Å². The van der Waals surface area contributed by atoms with Crippen LogP contribution in [0.3, 0.4) is 0 Å². The summed E-state index contributed by atoms with van der Waals surface area (Å²) < 4.78 is 10.4. The van der Waals surface area contributed by atoms with Gasteiger partial charge in [-0.15, -0.1) is 0 Å². The van der Waals surface area contributed by atoms with Crippen molar-refractivity contribution in [1.82, 2.24) is 20.4 Å². The van der Waals surface area contributed by atoms with E-state index in [1.807, 2.05) is 35.2 Å². The lowest BCUT2D eigenvalue weighted by molar-refractivity contribution is 0.0784. The molecule has 0 spiro atoms. The van der Waals surface area contributed by atoms with Crippen LogP contribution in [-0.4, -0.2) is 58.5 Å².